The summed E-state index contributed by atoms with van der Waals surface area (Å²) < 4.78 is 0. The molecule has 0 heterocycles. The Bertz CT molecular complexity index is 3130. The van der Waals surface area contributed by atoms with Crippen LogP contribution in [0.5, 0.6) is 0 Å². The lowest BCUT2D eigenvalue weighted by atomic mass is 9.67. The Morgan fingerprint density at radius 2 is 0.859 bits per heavy atom. The Morgan fingerprint density at radius 1 is 0.359 bits per heavy atom. The van der Waals surface area contributed by atoms with Crippen molar-refractivity contribution < 1.29 is 0 Å². The lowest BCUT2D eigenvalue weighted by Crippen LogP contribution is -2.29. The molecule has 0 saturated carbocycles. The molecule has 0 aliphatic heterocycles. The minimum atomic E-state index is -0.517. The van der Waals surface area contributed by atoms with Crippen LogP contribution >= 0.6 is 0 Å². The second-order valence-corrected chi connectivity index (χ2v) is 21.8. The normalized spacial score (nSPS) is 15.7. The van der Waals surface area contributed by atoms with Crippen molar-refractivity contribution in [3.05, 3.63) is 232 Å². The van der Waals surface area contributed by atoms with Gasteiger partial charge in [0.1, 0.15) is 0 Å². The van der Waals surface area contributed by atoms with E-state index < -0.39 is 5.41 Å². The maximum Gasteiger partial charge on any atom is 0.0714 e. The molecule has 3 aliphatic carbocycles. The van der Waals surface area contributed by atoms with Gasteiger partial charge in [0.05, 0.1) is 11.1 Å². The van der Waals surface area contributed by atoms with Gasteiger partial charge in [-0.2, -0.15) is 0 Å². The fourth-order valence-corrected chi connectivity index (χ4v) is 12.1. The molecule has 0 unspecified atom stereocenters. The van der Waals surface area contributed by atoms with Crippen LogP contribution in [0.4, 0.5) is 17.1 Å². The SMILES string of the molecule is CC(C)(C)c1cc2c(c(C(C)(C)C)c1)C(C)(C)c1c-2cccc1N(c1ccc2c(c1)C(C)(C)c1ccccc1-2)c1ccc2c(c1)C(c1ccccc1)(c1ccccc1)c1ccccc1-2. The number of anilines is 3. The van der Waals surface area contributed by atoms with Crippen LogP contribution in [-0.4, -0.2) is 0 Å². The highest BCUT2D eigenvalue weighted by molar-refractivity contribution is 5.95. The third kappa shape index (κ3) is 5.62. The predicted octanol–water partition coefficient (Wildman–Crippen LogP) is 16.7. The van der Waals surface area contributed by atoms with Crippen molar-refractivity contribution in [2.45, 2.75) is 96.3 Å². The minimum absolute atomic E-state index is 0.00632. The highest BCUT2D eigenvalue weighted by Gasteiger charge is 2.48. The highest BCUT2D eigenvalue weighted by Crippen LogP contribution is 2.61. The standard InChI is InChI=1S/C63H59N/c1-59(2,3)42-36-50-49-28-21-31-56(58(49)62(9,10)57(50)55(37-42)60(4,5)6)64(43-32-34-47-45-26-17-19-29-51(45)61(7,8)53(47)38-43)44-33-35-48-46-27-18-20-30-52(46)63(54(48)39-44,40-22-13-11-14-23-40)41-24-15-12-16-25-41/h11-39H,1-10H3. The molecule has 0 bridgehead atoms. The van der Waals surface area contributed by atoms with Gasteiger partial charge in [0.25, 0.3) is 0 Å². The van der Waals surface area contributed by atoms with Crippen LogP contribution in [0.15, 0.2) is 176 Å². The Labute approximate surface area is 381 Å². The molecule has 0 atom stereocenters. The zero-order valence-corrected chi connectivity index (χ0v) is 39.2. The molecule has 0 radical (unpaired) electrons. The van der Waals surface area contributed by atoms with Crippen LogP contribution in [0.1, 0.15) is 125 Å². The summed E-state index contributed by atoms with van der Waals surface area (Å²) in [5.74, 6) is 0. The summed E-state index contributed by atoms with van der Waals surface area (Å²) in [6.07, 6.45) is 0. The molecule has 8 aromatic rings. The molecule has 3 aliphatic rings. The zero-order valence-electron chi connectivity index (χ0n) is 39.2. The molecule has 0 saturated heterocycles. The number of fused-ring (bicyclic) bond motifs is 9. The Kier molecular flexibility index (Phi) is 8.69. The molecular formula is C63H59N. The molecule has 8 aromatic carbocycles. The van der Waals surface area contributed by atoms with E-state index in [-0.39, 0.29) is 21.7 Å². The van der Waals surface area contributed by atoms with E-state index in [1.54, 1.807) is 0 Å². The lowest BCUT2D eigenvalue weighted by Gasteiger charge is -2.36. The summed E-state index contributed by atoms with van der Waals surface area (Å²) in [5.41, 5.74) is 24.1. The lowest BCUT2D eigenvalue weighted by molar-refractivity contribution is 0.545. The molecule has 0 fully saturated rings. The van der Waals surface area contributed by atoms with E-state index in [9.17, 15) is 0 Å². The van der Waals surface area contributed by atoms with E-state index in [1.165, 1.54) is 100 Å². The van der Waals surface area contributed by atoms with Crippen LogP contribution in [-0.2, 0) is 27.1 Å². The van der Waals surface area contributed by atoms with Gasteiger partial charge >= 0.3 is 0 Å². The van der Waals surface area contributed by atoms with Gasteiger partial charge in [-0.05, 0) is 130 Å². The van der Waals surface area contributed by atoms with E-state index in [0.29, 0.717) is 0 Å². The summed E-state index contributed by atoms with van der Waals surface area (Å²) in [7, 11) is 0. The van der Waals surface area contributed by atoms with E-state index in [1.807, 2.05) is 0 Å². The molecule has 0 amide bonds. The Morgan fingerprint density at radius 3 is 1.45 bits per heavy atom. The zero-order chi connectivity index (χ0) is 44.6. The van der Waals surface area contributed by atoms with Gasteiger partial charge in [0.15, 0.2) is 0 Å². The molecule has 316 valence electrons. The van der Waals surface area contributed by atoms with E-state index in [4.69, 9.17) is 0 Å². The molecule has 64 heavy (non-hydrogen) atoms. The second-order valence-electron chi connectivity index (χ2n) is 21.8. The monoisotopic (exact) mass is 829 g/mol. The minimum Gasteiger partial charge on any atom is -0.310 e. The average Bonchev–Trinajstić information content (AvgIpc) is 3.81. The summed E-state index contributed by atoms with van der Waals surface area (Å²) in [6.45, 7) is 24.0. The van der Waals surface area contributed by atoms with Gasteiger partial charge in [0, 0.05) is 22.2 Å². The summed E-state index contributed by atoms with van der Waals surface area (Å²) in [6, 6.07) is 67.2. The number of nitrogens with zero attached hydrogens (tertiary/aromatic N) is 1. The molecule has 0 spiro atoms. The summed E-state index contributed by atoms with van der Waals surface area (Å²) >= 11 is 0. The van der Waals surface area contributed by atoms with E-state index >= 15 is 0 Å². The molecule has 0 aromatic heterocycles. The Hall–Kier alpha value is -6.44. The van der Waals surface area contributed by atoms with Gasteiger partial charge in [-0.1, -0.05) is 215 Å². The fourth-order valence-electron chi connectivity index (χ4n) is 12.1. The van der Waals surface area contributed by atoms with Crippen LogP contribution in [0.25, 0.3) is 33.4 Å². The fraction of sp³-hybridized carbons (Fsp3) is 0.238. The average molecular weight is 830 g/mol. The number of hydrogen-bond acceptors (Lipinski definition) is 1. The van der Waals surface area contributed by atoms with Crippen molar-refractivity contribution in [3.8, 4) is 33.4 Å². The van der Waals surface area contributed by atoms with Crippen molar-refractivity contribution in [2.24, 2.45) is 0 Å². The van der Waals surface area contributed by atoms with Crippen molar-refractivity contribution in [1.82, 2.24) is 0 Å². The third-order valence-electron chi connectivity index (χ3n) is 15.2. The maximum atomic E-state index is 2.61. The van der Waals surface area contributed by atoms with Crippen molar-refractivity contribution >= 4 is 17.1 Å². The molecule has 1 nitrogen and oxygen atoms in total. The van der Waals surface area contributed by atoms with Crippen LogP contribution in [0.3, 0.4) is 0 Å². The van der Waals surface area contributed by atoms with E-state index in [0.717, 1.165) is 5.69 Å². The van der Waals surface area contributed by atoms with Gasteiger partial charge in [-0.15, -0.1) is 0 Å². The van der Waals surface area contributed by atoms with Gasteiger partial charge in [-0.3, -0.25) is 0 Å². The third-order valence-corrected chi connectivity index (χ3v) is 15.2. The Balaban J connectivity index is 1.22. The molecule has 0 N–H and O–H groups in total. The molecular weight excluding hydrogens is 771 g/mol. The number of benzene rings is 8. The van der Waals surface area contributed by atoms with Crippen molar-refractivity contribution in [3.63, 3.8) is 0 Å². The first-order chi connectivity index (χ1) is 30.5. The second kappa shape index (κ2) is 13.8. The van der Waals surface area contributed by atoms with E-state index in [2.05, 4.69) is 250 Å². The summed E-state index contributed by atoms with van der Waals surface area (Å²) in [4.78, 5) is 2.61. The van der Waals surface area contributed by atoms with Gasteiger partial charge in [-0.25, -0.2) is 0 Å². The van der Waals surface area contributed by atoms with Crippen molar-refractivity contribution in [1.29, 1.82) is 0 Å². The predicted molar refractivity (Wildman–Crippen MR) is 271 cm³/mol. The maximum absolute atomic E-state index is 2.61. The first kappa shape index (κ1) is 40.3. The first-order valence-electron chi connectivity index (χ1n) is 23.3. The number of rotatable bonds is 5. The molecule has 1 heteroatoms. The largest absolute Gasteiger partial charge is 0.310 e. The first-order valence-corrected chi connectivity index (χ1v) is 23.3. The number of hydrogen-bond donors (Lipinski definition) is 0. The summed E-state index contributed by atoms with van der Waals surface area (Å²) in [5, 5.41) is 0. The quantitative estimate of drug-likeness (QED) is 0.167. The van der Waals surface area contributed by atoms with Crippen LogP contribution in [0, 0.1) is 0 Å². The van der Waals surface area contributed by atoms with Crippen LogP contribution < -0.4 is 4.90 Å². The topological polar surface area (TPSA) is 3.24 Å². The van der Waals surface area contributed by atoms with Crippen LogP contribution in [0.2, 0.25) is 0 Å². The molecule has 11 rings (SSSR count). The van der Waals surface area contributed by atoms with Gasteiger partial charge in [0.2, 0.25) is 0 Å². The van der Waals surface area contributed by atoms with Gasteiger partial charge < -0.3 is 4.90 Å². The van der Waals surface area contributed by atoms with Crippen molar-refractivity contribution in [2.75, 3.05) is 4.90 Å². The smallest absolute Gasteiger partial charge is 0.0714 e. The highest BCUT2D eigenvalue weighted by atomic mass is 15.1.